The molecule has 0 spiro atoms. The number of hydrogen-bond acceptors (Lipinski definition) is 9. The van der Waals surface area contributed by atoms with Gasteiger partial charge in [-0.1, -0.05) is 37.5 Å². The van der Waals surface area contributed by atoms with Gasteiger partial charge < -0.3 is 30.2 Å². The fraction of sp³-hybridized carbons (Fsp3) is 0.548. The normalized spacial score (nSPS) is 17.2. The quantitative estimate of drug-likeness (QED) is 0.371. The molecule has 1 aromatic heterocycles. The lowest BCUT2D eigenvalue weighted by atomic mass is 9.81. The van der Waals surface area contributed by atoms with Crippen molar-refractivity contribution in [2.75, 3.05) is 13.7 Å². The van der Waals surface area contributed by atoms with Crippen molar-refractivity contribution in [2.24, 2.45) is 16.6 Å². The maximum atomic E-state index is 13.1. The second-order valence-electron chi connectivity index (χ2n) is 11.7. The highest BCUT2D eigenvalue weighted by Crippen LogP contribution is 2.36. The number of carbonyl (C=O) groups excluding carboxylic acids is 2. The van der Waals surface area contributed by atoms with Crippen LogP contribution in [0.5, 0.6) is 11.6 Å². The van der Waals surface area contributed by atoms with Crippen molar-refractivity contribution < 1.29 is 23.8 Å². The van der Waals surface area contributed by atoms with E-state index >= 15 is 0 Å². The lowest BCUT2D eigenvalue weighted by molar-refractivity contribution is -0.148. The Morgan fingerprint density at radius 3 is 2.56 bits per heavy atom. The highest BCUT2D eigenvalue weighted by molar-refractivity contribution is 5.85. The molecule has 1 amide bonds. The first-order chi connectivity index (χ1) is 19.6. The first-order valence-corrected chi connectivity index (χ1v) is 14.5. The minimum atomic E-state index is -0.871. The van der Waals surface area contributed by atoms with E-state index in [-0.39, 0.29) is 25.0 Å². The third-order valence-electron chi connectivity index (χ3n) is 7.54. The van der Waals surface area contributed by atoms with Gasteiger partial charge in [-0.05, 0) is 58.1 Å². The molecule has 2 atom stereocenters. The zero-order chi connectivity index (χ0) is 29.4. The number of nitrogens with zero attached hydrogens (tertiary/aromatic N) is 3. The minimum Gasteiger partial charge on any atom is -0.467 e. The van der Waals surface area contributed by atoms with Crippen molar-refractivity contribution in [3.05, 3.63) is 48.2 Å². The van der Waals surface area contributed by atoms with Gasteiger partial charge in [-0.3, -0.25) is 4.79 Å². The number of aromatic nitrogens is 1. The van der Waals surface area contributed by atoms with Crippen LogP contribution in [-0.4, -0.2) is 59.1 Å². The Morgan fingerprint density at radius 2 is 1.88 bits per heavy atom. The number of pyridine rings is 1. The predicted octanol–water partition coefficient (Wildman–Crippen LogP) is 4.84. The van der Waals surface area contributed by atoms with E-state index in [1.807, 2.05) is 57.2 Å². The summed E-state index contributed by atoms with van der Waals surface area (Å²) in [5, 5.41) is 2.82. The molecule has 1 fully saturated rings. The van der Waals surface area contributed by atoms with Crippen molar-refractivity contribution in [2.45, 2.75) is 89.9 Å². The van der Waals surface area contributed by atoms with E-state index in [1.165, 1.54) is 13.5 Å². The van der Waals surface area contributed by atoms with Crippen LogP contribution in [-0.2, 0) is 25.6 Å². The highest BCUT2D eigenvalue weighted by atomic mass is 16.5. The molecule has 41 heavy (non-hydrogen) atoms. The zero-order valence-electron chi connectivity index (χ0n) is 24.6. The van der Waals surface area contributed by atoms with Gasteiger partial charge in [0.2, 0.25) is 11.8 Å². The van der Waals surface area contributed by atoms with Crippen LogP contribution in [0.2, 0.25) is 0 Å². The first kappa shape index (κ1) is 30.3. The number of carbonyl (C=O) groups is 2. The van der Waals surface area contributed by atoms with E-state index in [2.05, 4.69) is 20.2 Å². The Kier molecular flexibility index (Phi) is 10.2. The summed E-state index contributed by atoms with van der Waals surface area (Å²) in [7, 11) is 1.31. The molecule has 0 bridgehead atoms. The number of amides is 1. The minimum absolute atomic E-state index is 0.0204. The Bertz CT molecular complexity index is 1210. The van der Waals surface area contributed by atoms with Crippen LogP contribution in [0.4, 0.5) is 5.69 Å². The fourth-order valence-electron chi connectivity index (χ4n) is 5.45. The van der Waals surface area contributed by atoms with Crippen LogP contribution in [0.25, 0.3) is 0 Å². The second kappa shape index (κ2) is 13.8. The standard InChI is InChI=1S/C31H43N5O5/c1-31(2,3)40-20-25(29(38)39-4)34-27(37)16-15-26(21-11-7-5-8-12-21)36-19-22-17-28(33-18-24(22)35-30(36)32)41-23-13-9-6-10-14-23/h6,9-10,13-14,17-18,21,25-26H,5,7-8,11-12,15-16,19-20H2,1-4H3,(H2,32,35)(H,34,37)/t25?,26-/m1/s1. The topological polar surface area (TPSA) is 128 Å². The molecule has 4 rings (SSSR count). The van der Waals surface area contributed by atoms with Gasteiger partial charge in [-0.15, -0.1) is 0 Å². The Balaban J connectivity index is 1.47. The molecule has 0 saturated heterocycles. The van der Waals surface area contributed by atoms with Gasteiger partial charge in [0, 0.05) is 30.6 Å². The number of aliphatic imine (C=N–C) groups is 1. The molecular weight excluding hydrogens is 522 g/mol. The number of fused-ring (bicyclic) bond motifs is 1. The number of guanidine groups is 1. The van der Waals surface area contributed by atoms with Crippen molar-refractivity contribution >= 4 is 23.5 Å². The van der Waals surface area contributed by atoms with Crippen LogP contribution in [0.15, 0.2) is 47.6 Å². The largest absolute Gasteiger partial charge is 0.467 e. The number of hydrogen-bond donors (Lipinski definition) is 2. The molecule has 1 saturated carbocycles. The summed E-state index contributed by atoms with van der Waals surface area (Å²) in [6, 6.07) is 10.6. The van der Waals surface area contributed by atoms with Gasteiger partial charge in [-0.2, -0.15) is 0 Å². The molecule has 0 radical (unpaired) electrons. The van der Waals surface area contributed by atoms with Gasteiger partial charge in [0.05, 0.1) is 31.2 Å². The van der Waals surface area contributed by atoms with Gasteiger partial charge in [0.1, 0.15) is 5.75 Å². The van der Waals surface area contributed by atoms with Crippen molar-refractivity contribution in [3.8, 4) is 11.6 Å². The predicted molar refractivity (Wildman–Crippen MR) is 157 cm³/mol. The maximum absolute atomic E-state index is 13.1. The van der Waals surface area contributed by atoms with Crippen LogP contribution in [0.1, 0.15) is 71.3 Å². The second-order valence-corrected chi connectivity index (χ2v) is 11.7. The monoisotopic (exact) mass is 565 g/mol. The Labute approximate surface area is 242 Å². The molecule has 10 heteroatoms. The zero-order valence-corrected chi connectivity index (χ0v) is 24.6. The molecule has 10 nitrogen and oxygen atoms in total. The summed E-state index contributed by atoms with van der Waals surface area (Å²) < 4.78 is 16.6. The van der Waals surface area contributed by atoms with E-state index < -0.39 is 17.6 Å². The number of esters is 1. The van der Waals surface area contributed by atoms with Crippen molar-refractivity contribution in [1.82, 2.24) is 15.2 Å². The molecule has 1 unspecified atom stereocenters. The first-order valence-electron chi connectivity index (χ1n) is 14.5. The van der Waals surface area contributed by atoms with Gasteiger partial charge >= 0.3 is 5.97 Å². The number of benzene rings is 1. The molecule has 2 heterocycles. The van der Waals surface area contributed by atoms with Gasteiger partial charge in [-0.25, -0.2) is 14.8 Å². The van der Waals surface area contributed by atoms with Gasteiger partial charge in [0.25, 0.3) is 0 Å². The summed E-state index contributed by atoms with van der Waals surface area (Å²) in [6.07, 6.45) is 8.18. The average Bonchev–Trinajstić information content (AvgIpc) is 2.96. The number of methoxy groups -OCH3 is 1. The van der Waals surface area contributed by atoms with Crippen LogP contribution in [0.3, 0.4) is 0 Å². The highest BCUT2D eigenvalue weighted by Gasteiger charge is 2.33. The SMILES string of the molecule is COC(=O)C(COC(C)(C)C)NC(=O)CC[C@H](C1CCCCC1)N1Cc2cc(Oc3ccccc3)ncc2N=C1N. The third-order valence-corrected chi connectivity index (χ3v) is 7.54. The van der Waals surface area contributed by atoms with Crippen LogP contribution < -0.4 is 15.8 Å². The van der Waals surface area contributed by atoms with E-state index in [0.717, 1.165) is 36.9 Å². The Morgan fingerprint density at radius 1 is 1.15 bits per heavy atom. The molecule has 1 aliphatic carbocycles. The molecule has 2 aromatic rings. The van der Waals surface area contributed by atoms with Crippen molar-refractivity contribution in [1.29, 1.82) is 0 Å². The maximum Gasteiger partial charge on any atom is 0.330 e. The van der Waals surface area contributed by atoms with E-state index in [1.54, 1.807) is 6.20 Å². The Hall–Kier alpha value is -3.66. The average molecular weight is 566 g/mol. The number of nitrogens with one attached hydrogen (secondary N) is 1. The molecule has 1 aromatic carbocycles. The van der Waals surface area contributed by atoms with E-state index in [9.17, 15) is 9.59 Å². The molecular formula is C31H43N5O5. The number of rotatable bonds is 11. The summed E-state index contributed by atoms with van der Waals surface area (Å²) in [4.78, 5) is 36.6. The fourth-order valence-corrected chi connectivity index (χ4v) is 5.45. The summed E-state index contributed by atoms with van der Waals surface area (Å²) >= 11 is 0. The van der Waals surface area contributed by atoms with Gasteiger partial charge in [0.15, 0.2) is 12.0 Å². The number of para-hydroxylation sites is 1. The smallest absolute Gasteiger partial charge is 0.330 e. The lowest BCUT2D eigenvalue weighted by Gasteiger charge is -2.41. The van der Waals surface area contributed by atoms with E-state index in [4.69, 9.17) is 19.9 Å². The molecule has 222 valence electrons. The summed E-state index contributed by atoms with van der Waals surface area (Å²) in [5.41, 5.74) is 7.76. The summed E-state index contributed by atoms with van der Waals surface area (Å²) in [6.45, 7) is 6.28. The van der Waals surface area contributed by atoms with Crippen molar-refractivity contribution in [3.63, 3.8) is 0 Å². The van der Waals surface area contributed by atoms with Crippen LogP contribution >= 0.6 is 0 Å². The molecule has 2 aliphatic rings. The summed E-state index contributed by atoms with van der Waals surface area (Å²) in [5.74, 6) is 1.25. The van der Waals surface area contributed by atoms with E-state index in [0.29, 0.717) is 36.5 Å². The number of nitrogens with two attached hydrogens (primary N) is 1. The molecule has 3 N–H and O–H groups in total. The van der Waals surface area contributed by atoms with Crippen LogP contribution in [0, 0.1) is 5.92 Å². The lowest BCUT2D eigenvalue weighted by Crippen LogP contribution is -2.50. The third kappa shape index (κ3) is 8.66. The number of ether oxygens (including phenoxy) is 3. The molecule has 1 aliphatic heterocycles.